The Balaban J connectivity index is 1.23. The number of benzene rings is 1. The number of carbonyl (C=O) groups is 1. The first-order valence-electron chi connectivity index (χ1n) is 9.91. The van der Waals surface area contributed by atoms with Crippen LogP contribution in [0.15, 0.2) is 42.6 Å². The van der Waals surface area contributed by atoms with E-state index in [0.29, 0.717) is 37.2 Å². The van der Waals surface area contributed by atoms with E-state index in [4.69, 9.17) is 9.47 Å². The second-order valence-electron chi connectivity index (χ2n) is 7.35. The van der Waals surface area contributed by atoms with Gasteiger partial charge in [-0.15, -0.1) is 10.2 Å². The van der Waals surface area contributed by atoms with Gasteiger partial charge in [-0.3, -0.25) is 9.69 Å². The van der Waals surface area contributed by atoms with Crippen LogP contribution < -0.4 is 14.8 Å². The van der Waals surface area contributed by atoms with Crippen molar-refractivity contribution in [1.82, 2.24) is 30.0 Å². The summed E-state index contributed by atoms with van der Waals surface area (Å²) < 4.78 is 13.6. The topological polar surface area (TPSA) is 94.4 Å². The minimum absolute atomic E-state index is 0.168. The zero-order valence-corrected chi connectivity index (χ0v) is 16.6. The Bertz CT molecular complexity index is 1060. The average molecular weight is 406 g/mol. The van der Waals surface area contributed by atoms with Crippen molar-refractivity contribution in [2.24, 2.45) is 0 Å². The molecule has 2 aromatic heterocycles. The van der Waals surface area contributed by atoms with Crippen molar-refractivity contribution in [1.29, 1.82) is 0 Å². The van der Waals surface area contributed by atoms with Gasteiger partial charge >= 0.3 is 0 Å². The maximum absolute atomic E-state index is 11.9. The molecule has 1 atom stereocenters. The summed E-state index contributed by atoms with van der Waals surface area (Å²) in [7, 11) is 1.60. The van der Waals surface area contributed by atoms with Gasteiger partial charge in [0.1, 0.15) is 12.4 Å². The summed E-state index contributed by atoms with van der Waals surface area (Å²) in [6, 6.07) is 12.1. The van der Waals surface area contributed by atoms with Crippen LogP contribution in [0.3, 0.4) is 0 Å². The molecule has 0 aliphatic carbocycles. The van der Waals surface area contributed by atoms with E-state index in [1.165, 1.54) is 5.56 Å². The second kappa shape index (κ2) is 7.75. The van der Waals surface area contributed by atoms with Gasteiger partial charge in [0.2, 0.25) is 5.82 Å². The van der Waals surface area contributed by atoms with Crippen LogP contribution in [0.4, 0.5) is 0 Å². The standard InChI is InChI=1S/C21H22N6O3/c1-22-20(28)19-25-24-18-12-26(9-10-27(18)19)11-14-4-6-15(7-5-14)17-13-29-16-3-2-8-23-21(16)30-17/h2-8,17H,9-13H2,1H3,(H,22,28)/t17-/m1/s1. The van der Waals surface area contributed by atoms with E-state index in [1.807, 2.05) is 16.7 Å². The third kappa shape index (κ3) is 3.48. The van der Waals surface area contributed by atoms with Crippen LogP contribution in [0.25, 0.3) is 0 Å². The number of carbonyl (C=O) groups excluding carboxylic acids is 1. The van der Waals surface area contributed by atoms with Gasteiger partial charge in [-0.05, 0) is 23.3 Å². The molecule has 1 amide bonds. The van der Waals surface area contributed by atoms with Crippen molar-refractivity contribution in [3.8, 4) is 11.6 Å². The highest BCUT2D eigenvalue weighted by atomic mass is 16.6. The molecule has 9 nitrogen and oxygen atoms in total. The van der Waals surface area contributed by atoms with Crippen molar-refractivity contribution in [3.63, 3.8) is 0 Å². The summed E-state index contributed by atoms with van der Waals surface area (Å²) in [5, 5.41) is 10.8. The Morgan fingerprint density at radius 1 is 1.20 bits per heavy atom. The van der Waals surface area contributed by atoms with E-state index in [-0.39, 0.29) is 12.0 Å². The third-order valence-corrected chi connectivity index (χ3v) is 5.40. The van der Waals surface area contributed by atoms with Gasteiger partial charge in [-0.25, -0.2) is 4.98 Å². The Morgan fingerprint density at radius 3 is 2.90 bits per heavy atom. The van der Waals surface area contributed by atoms with Crippen LogP contribution in [-0.2, 0) is 19.6 Å². The molecule has 4 heterocycles. The number of rotatable bonds is 4. The molecule has 1 aromatic carbocycles. The predicted octanol–water partition coefficient (Wildman–Crippen LogP) is 1.56. The van der Waals surface area contributed by atoms with Gasteiger partial charge in [0.15, 0.2) is 11.9 Å². The first-order chi connectivity index (χ1) is 14.7. The van der Waals surface area contributed by atoms with Crippen LogP contribution in [-0.4, -0.2) is 50.8 Å². The van der Waals surface area contributed by atoms with Crippen LogP contribution in [0.1, 0.15) is 33.7 Å². The maximum atomic E-state index is 11.9. The minimum atomic E-state index is -0.204. The highest BCUT2D eigenvalue weighted by Crippen LogP contribution is 2.34. The summed E-state index contributed by atoms with van der Waals surface area (Å²) in [5.74, 6) is 2.21. The third-order valence-electron chi connectivity index (χ3n) is 5.40. The van der Waals surface area contributed by atoms with Crippen molar-refractivity contribution < 1.29 is 14.3 Å². The molecule has 1 N–H and O–H groups in total. The first kappa shape index (κ1) is 18.6. The summed E-state index contributed by atoms with van der Waals surface area (Å²) in [6.45, 7) is 3.46. The van der Waals surface area contributed by atoms with Crippen LogP contribution in [0, 0.1) is 0 Å². The number of ether oxygens (including phenoxy) is 2. The van der Waals surface area contributed by atoms with Crippen LogP contribution in [0.2, 0.25) is 0 Å². The SMILES string of the molecule is CNC(=O)c1nnc2n1CCN(Cc1ccc([C@H]3COc4cccnc4O3)cc1)C2. The Hall–Kier alpha value is -3.46. The van der Waals surface area contributed by atoms with Gasteiger partial charge in [0, 0.05) is 32.9 Å². The molecule has 0 fully saturated rings. The number of nitrogens with zero attached hydrogens (tertiary/aromatic N) is 5. The van der Waals surface area contributed by atoms with E-state index in [1.54, 1.807) is 13.2 Å². The molecule has 2 aliphatic heterocycles. The van der Waals surface area contributed by atoms with E-state index in [2.05, 4.69) is 49.7 Å². The minimum Gasteiger partial charge on any atom is -0.484 e. The molecule has 0 bridgehead atoms. The smallest absolute Gasteiger partial charge is 0.288 e. The molecule has 2 aliphatic rings. The fourth-order valence-electron chi connectivity index (χ4n) is 3.79. The fraction of sp³-hybridized carbons (Fsp3) is 0.333. The molecular formula is C21H22N6O3. The number of hydrogen-bond acceptors (Lipinski definition) is 7. The van der Waals surface area contributed by atoms with E-state index < -0.39 is 0 Å². The van der Waals surface area contributed by atoms with Crippen LogP contribution in [0.5, 0.6) is 11.6 Å². The van der Waals surface area contributed by atoms with Gasteiger partial charge in [-0.2, -0.15) is 0 Å². The molecule has 5 rings (SSSR count). The first-order valence-corrected chi connectivity index (χ1v) is 9.91. The highest BCUT2D eigenvalue weighted by molar-refractivity contribution is 5.90. The van der Waals surface area contributed by atoms with Crippen molar-refractivity contribution >= 4 is 5.91 Å². The summed E-state index contributed by atoms with van der Waals surface area (Å²) >= 11 is 0. The predicted molar refractivity (Wildman–Crippen MR) is 107 cm³/mol. The number of hydrogen-bond donors (Lipinski definition) is 1. The van der Waals surface area contributed by atoms with Gasteiger partial charge < -0.3 is 19.4 Å². The lowest BCUT2D eigenvalue weighted by Gasteiger charge is -2.28. The molecule has 0 radical (unpaired) electrons. The summed E-state index contributed by atoms with van der Waals surface area (Å²) in [6.07, 6.45) is 1.53. The zero-order chi connectivity index (χ0) is 20.5. The molecule has 154 valence electrons. The molecule has 0 saturated carbocycles. The van der Waals surface area contributed by atoms with E-state index >= 15 is 0 Å². The number of pyridine rings is 1. The average Bonchev–Trinajstić information content (AvgIpc) is 3.22. The van der Waals surface area contributed by atoms with Crippen LogP contribution >= 0.6 is 0 Å². The molecule has 30 heavy (non-hydrogen) atoms. The number of fused-ring (bicyclic) bond motifs is 2. The number of amides is 1. The maximum Gasteiger partial charge on any atom is 0.288 e. The largest absolute Gasteiger partial charge is 0.484 e. The molecule has 3 aromatic rings. The van der Waals surface area contributed by atoms with Crippen molar-refractivity contribution in [2.45, 2.75) is 25.7 Å². The molecule has 0 saturated heterocycles. The summed E-state index contributed by atoms with van der Waals surface area (Å²) in [4.78, 5) is 18.4. The zero-order valence-electron chi connectivity index (χ0n) is 16.6. The monoisotopic (exact) mass is 406 g/mol. The molecule has 0 unspecified atom stereocenters. The fourth-order valence-corrected chi connectivity index (χ4v) is 3.79. The Kier molecular flexibility index (Phi) is 4.80. The van der Waals surface area contributed by atoms with Gasteiger partial charge in [-0.1, -0.05) is 24.3 Å². The number of nitrogens with one attached hydrogen (secondary N) is 1. The van der Waals surface area contributed by atoms with Crippen molar-refractivity contribution in [2.75, 3.05) is 20.2 Å². The molecule has 9 heteroatoms. The lowest BCUT2D eigenvalue weighted by Crippen LogP contribution is -2.35. The van der Waals surface area contributed by atoms with Gasteiger partial charge in [0.25, 0.3) is 11.8 Å². The Labute approximate surface area is 173 Å². The molecular weight excluding hydrogens is 384 g/mol. The highest BCUT2D eigenvalue weighted by Gasteiger charge is 2.25. The number of aromatic nitrogens is 4. The lowest BCUT2D eigenvalue weighted by molar-refractivity contribution is 0.0850. The van der Waals surface area contributed by atoms with Crippen molar-refractivity contribution in [3.05, 3.63) is 65.4 Å². The van der Waals surface area contributed by atoms with E-state index in [0.717, 1.165) is 24.5 Å². The summed E-state index contributed by atoms with van der Waals surface area (Å²) in [5.41, 5.74) is 2.26. The van der Waals surface area contributed by atoms with E-state index in [9.17, 15) is 4.79 Å². The normalized spacial score (nSPS) is 18.0. The molecule has 0 spiro atoms. The quantitative estimate of drug-likeness (QED) is 0.703. The lowest BCUT2D eigenvalue weighted by atomic mass is 10.1. The van der Waals surface area contributed by atoms with Gasteiger partial charge in [0.05, 0.1) is 6.54 Å². The Morgan fingerprint density at radius 2 is 2.07 bits per heavy atom. The second-order valence-corrected chi connectivity index (χ2v) is 7.35.